The second-order valence-electron chi connectivity index (χ2n) is 14.3. The number of amides is 5. The Morgan fingerprint density at radius 3 is 2.34 bits per heavy atom. The second-order valence-corrected chi connectivity index (χ2v) is 14.7. The van der Waals surface area contributed by atoms with E-state index >= 15 is 0 Å². The molecule has 14 heteroatoms. The van der Waals surface area contributed by atoms with E-state index in [1.54, 1.807) is 12.1 Å². The number of hydrogen-bond donors (Lipinski definition) is 1. The van der Waals surface area contributed by atoms with Crippen molar-refractivity contribution in [3.63, 3.8) is 0 Å². The van der Waals surface area contributed by atoms with Crippen LogP contribution in [0.3, 0.4) is 0 Å². The summed E-state index contributed by atoms with van der Waals surface area (Å²) in [4.78, 5) is 66.5. The van der Waals surface area contributed by atoms with Gasteiger partial charge in [-0.1, -0.05) is 23.7 Å². The molecule has 0 spiro atoms. The minimum Gasteiger partial charge on any atom is -0.371 e. The molecule has 0 bridgehead atoms. The number of nitrogens with one attached hydrogen (secondary N) is 1. The molecular weight excluding hydrogens is 694 g/mol. The van der Waals surface area contributed by atoms with Crippen LogP contribution in [0.4, 0.5) is 16.3 Å². The molecule has 5 amide bonds. The van der Waals surface area contributed by atoms with Gasteiger partial charge in [0.05, 0.1) is 28.2 Å². The summed E-state index contributed by atoms with van der Waals surface area (Å²) in [6, 6.07) is 15.1. The highest BCUT2D eigenvalue weighted by Gasteiger charge is 2.43. The predicted molar refractivity (Wildman–Crippen MR) is 202 cm³/mol. The lowest BCUT2D eigenvalue weighted by Crippen LogP contribution is -2.58. The van der Waals surface area contributed by atoms with E-state index in [-0.39, 0.29) is 24.1 Å². The van der Waals surface area contributed by atoms with Crippen molar-refractivity contribution < 1.29 is 19.2 Å². The molecule has 3 saturated heterocycles. The summed E-state index contributed by atoms with van der Waals surface area (Å²) in [5.74, 6) is -0.141. The third kappa shape index (κ3) is 5.84. The van der Waals surface area contributed by atoms with Gasteiger partial charge in [0.1, 0.15) is 5.82 Å². The molecule has 7 heterocycles. The van der Waals surface area contributed by atoms with Crippen LogP contribution in [0, 0.1) is 5.92 Å². The molecule has 13 nitrogen and oxygen atoms in total. The van der Waals surface area contributed by atoms with Crippen molar-refractivity contribution in [2.45, 2.75) is 19.3 Å². The molecule has 1 N–H and O–H groups in total. The largest absolute Gasteiger partial charge is 0.371 e. The number of carbonyl (C=O) groups is 4. The van der Waals surface area contributed by atoms with Crippen LogP contribution >= 0.6 is 11.6 Å². The average molecular weight is 732 g/mol. The Morgan fingerprint density at radius 2 is 1.57 bits per heavy atom. The first-order valence-corrected chi connectivity index (χ1v) is 18.5. The summed E-state index contributed by atoms with van der Waals surface area (Å²) in [6.45, 7) is 6.30. The molecule has 0 radical (unpaired) electrons. The minimum absolute atomic E-state index is 0.0210. The second kappa shape index (κ2) is 13.2. The number of carbonyl (C=O) groups excluding carboxylic acids is 4. The van der Waals surface area contributed by atoms with Crippen molar-refractivity contribution in [2.75, 3.05) is 62.2 Å². The Bertz CT molecular complexity index is 2330. The van der Waals surface area contributed by atoms with Crippen molar-refractivity contribution in [1.29, 1.82) is 0 Å². The van der Waals surface area contributed by atoms with Crippen LogP contribution in [-0.4, -0.2) is 106 Å². The number of piperazine rings is 1. The van der Waals surface area contributed by atoms with Gasteiger partial charge in [0.2, 0.25) is 5.91 Å². The Morgan fingerprint density at radius 1 is 0.774 bits per heavy atom. The Balaban J connectivity index is 0.788. The van der Waals surface area contributed by atoms with E-state index in [1.165, 1.54) is 5.39 Å². The van der Waals surface area contributed by atoms with E-state index in [0.29, 0.717) is 10.9 Å². The lowest BCUT2D eigenvalue weighted by molar-refractivity contribution is -0.122. The van der Waals surface area contributed by atoms with Crippen molar-refractivity contribution in [3.05, 3.63) is 83.3 Å². The molecule has 0 unspecified atom stereocenters. The third-order valence-corrected chi connectivity index (χ3v) is 11.5. The van der Waals surface area contributed by atoms with Crippen LogP contribution in [0.5, 0.6) is 0 Å². The smallest absolute Gasteiger partial charge is 0.343 e. The minimum atomic E-state index is -0.765. The van der Waals surface area contributed by atoms with Crippen molar-refractivity contribution >= 4 is 68.7 Å². The molecule has 5 aromatic rings. The molecule has 3 fully saturated rings. The zero-order valence-corrected chi connectivity index (χ0v) is 30.1. The normalized spacial score (nSPS) is 18.8. The van der Waals surface area contributed by atoms with E-state index in [9.17, 15) is 19.2 Å². The SMILES string of the molecule is Cn1c2ccncc2c2ccc(-c3cnc(N4CCN(CC5CCN(c6ccc7c(c6)C(=O)N(N6CCC(=O)NC6=O)C7=O)CC5)CC4)c(Cl)c3)cc21. The number of halogens is 1. The fraction of sp³-hybridized carbons (Fsp3) is 0.333. The van der Waals surface area contributed by atoms with Crippen LogP contribution in [0.2, 0.25) is 5.02 Å². The average Bonchev–Trinajstić information content (AvgIpc) is 3.60. The number of aromatic nitrogens is 3. The molecule has 0 atom stereocenters. The van der Waals surface area contributed by atoms with Crippen LogP contribution < -0.4 is 15.1 Å². The van der Waals surface area contributed by atoms with E-state index in [4.69, 9.17) is 16.6 Å². The van der Waals surface area contributed by atoms with Gasteiger partial charge in [0, 0.05) is 105 Å². The molecular formula is C39H38ClN9O4. The fourth-order valence-corrected chi connectivity index (χ4v) is 8.60. The van der Waals surface area contributed by atoms with Gasteiger partial charge in [0.25, 0.3) is 11.8 Å². The van der Waals surface area contributed by atoms with Gasteiger partial charge >= 0.3 is 6.03 Å². The fourth-order valence-electron chi connectivity index (χ4n) is 8.31. The number of benzene rings is 2. The van der Waals surface area contributed by atoms with Gasteiger partial charge < -0.3 is 14.4 Å². The number of fused-ring (bicyclic) bond motifs is 4. The highest BCUT2D eigenvalue weighted by Crippen LogP contribution is 2.35. The van der Waals surface area contributed by atoms with Gasteiger partial charge in [-0.15, -0.1) is 0 Å². The first kappa shape index (κ1) is 33.3. The summed E-state index contributed by atoms with van der Waals surface area (Å²) in [6.07, 6.45) is 7.74. The van der Waals surface area contributed by atoms with Gasteiger partial charge in [0.15, 0.2) is 0 Å². The van der Waals surface area contributed by atoms with Gasteiger partial charge in [-0.2, -0.15) is 5.01 Å². The summed E-state index contributed by atoms with van der Waals surface area (Å²) in [7, 11) is 2.08. The topological polar surface area (TPSA) is 127 Å². The van der Waals surface area contributed by atoms with Crippen molar-refractivity contribution in [2.24, 2.45) is 13.0 Å². The number of aryl methyl sites for hydroxylation is 1. The zero-order chi connectivity index (χ0) is 36.4. The molecule has 2 aromatic carbocycles. The highest BCUT2D eigenvalue weighted by atomic mass is 35.5. The standard InChI is InChI=1S/C39H38ClN9O4/c1-44-33-6-10-41-22-31(33)28-4-2-25(19-34(28)44)26-18-32(40)36(42-21-26)47-16-14-45(15-17-47)23-24-7-11-46(12-8-24)27-3-5-29-30(20-27)38(52)49(37(29)51)48-13-9-35(50)43-39(48)53/h2-6,10,18-22,24H,7-9,11-17,23H2,1H3,(H,43,50,53). The Labute approximate surface area is 310 Å². The van der Waals surface area contributed by atoms with E-state index in [0.717, 1.165) is 108 Å². The molecule has 9 rings (SSSR count). The lowest BCUT2D eigenvalue weighted by Gasteiger charge is -2.40. The highest BCUT2D eigenvalue weighted by molar-refractivity contribution is 6.33. The summed E-state index contributed by atoms with van der Waals surface area (Å²) in [5, 5.41) is 7.02. The number of imide groups is 2. The number of hydrogen-bond acceptors (Lipinski definition) is 9. The molecule has 270 valence electrons. The monoisotopic (exact) mass is 731 g/mol. The molecule has 4 aliphatic rings. The third-order valence-electron chi connectivity index (χ3n) is 11.3. The van der Waals surface area contributed by atoms with Crippen molar-refractivity contribution in [3.8, 4) is 11.1 Å². The quantitative estimate of drug-likeness (QED) is 0.242. The predicted octanol–water partition coefficient (Wildman–Crippen LogP) is 4.93. The number of nitrogens with zero attached hydrogens (tertiary/aromatic N) is 8. The van der Waals surface area contributed by atoms with Crippen molar-refractivity contribution in [1.82, 2.24) is 34.8 Å². The van der Waals surface area contributed by atoms with Crippen LogP contribution in [0.25, 0.3) is 32.9 Å². The number of urea groups is 1. The van der Waals surface area contributed by atoms with E-state index in [1.807, 2.05) is 36.8 Å². The van der Waals surface area contributed by atoms with Crippen LogP contribution in [-0.2, 0) is 11.8 Å². The Hall–Kier alpha value is -5.53. The zero-order valence-electron chi connectivity index (χ0n) is 29.3. The number of hydrazine groups is 1. The van der Waals surface area contributed by atoms with E-state index < -0.39 is 23.8 Å². The van der Waals surface area contributed by atoms with Gasteiger partial charge in [-0.05, 0) is 60.7 Å². The molecule has 0 aliphatic carbocycles. The lowest BCUT2D eigenvalue weighted by atomic mass is 9.95. The maximum atomic E-state index is 13.3. The Kier molecular flexibility index (Phi) is 8.27. The number of piperidine rings is 1. The van der Waals surface area contributed by atoms with Gasteiger partial charge in [-0.25, -0.2) is 14.8 Å². The first-order valence-electron chi connectivity index (χ1n) is 18.1. The van der Waals surface area contributed by atoms with Gasteiger partial charge in [-0.3, -0.25) is 29.6 Å². The maximum absolute atomic E-state index is 13.3. The summed E-state index contributed by atoms with van der Waals surface area (Å²) in [5.41, 5.74) is 5.79. The number of rotatable bonds is 6. The molecule has 3 aromatic heterocycles. The number of pyridine rings is 2. The van der Waals surface area contributed by atoms with Crippen LogP contribution in [0.1, 0.15) is 40.0 Å². The van der Waals surface area contributed by atoms with E-state index in [2.05, 4.69) is 54.8 Å². The maximum Gasteiger partial charge on any atom is 0.343 e. The summed E-state index contributed by atoms with van der Waals surface area (Å²) >= 11 is 6.88. The molecule has 53 heavy (non-hydrogen) atoms. The number of anilines is 2. The first-order chi connectivity index (χ1) is 25.7. The molecule has 4 aliphatic heterocycles. The molecule has 0 saturated carbocycles. The van der Waals surface area contributed by atoms with Crippen LogP contribution in [0.15, 0.2) is 67.1 Å². The summed E-state index contributed by atoms with van der Waals surface area (Å²) < 4.78 is 2.20.